The van der Waals surface area contributed by atoms with Gasteiger partial charge in [-0.25, -0.2) is 9.78 Å². The number of hydrogen-bond donors (Lipinski definition) is 1. The van der Waals surface area contributed by atoms with E-state index in [0.717, 1.165) is 27.7 Å². The van der Waals surface area contributed by atoms with Gasteiger partial charge in [0.1, 0.15) is 11.5 Å². The minimum Gasteiger partial charge on any atom is -0.303 e. The highest BCUT2D eigenvalue weighted by Crippen LogP contribution is 2.22. The molecule has 1 fully saturated rings. The van der Waals surface area contributed by atoms with E-state index >= 15 is 0 Å². The van der Waals surface area contributed by atoms with Crippen LogP contribution >= 0.6 is 0 Å². The molecular formula is C18H18N4O2. The van der Waals surface area contributed by atoms with E-state index in [1.807, 2.05) is 42.7 Å². The Bertz CT molecular complexity index is 849. The van der Waals surface area contributed by atoms with Crippen molar-refractivity contribution in [2.24, 2.45) is 0 Å². The van der Waals surface area contributed by atoms with Crippen LogP contribution in [-0.2, 0) is 4.79 Å². The van der Waals surface area contributed by atoms with Crippen LogP contribution in [0.2, 0.25) is 0 Å². The van der Waals surface area contributed by atoms with Crippen LogP contribution in [0, 0.1) is 13.8 Å². The van der Waals surface area contributed by atoms with Gasteiger partial charge in [0, 0.05) is 24.1 Å². The molecule has 0 aromatic carbocycles. The molecule has 122 valence electrons. The van der Waals surface area contributed by atoms with Crippen LogP contribution in [0.25, 0.3) is 11.9 Å². The first-order valence-electron chi connectivity index (χ1n) is 7.58. The molecule has 0 spiro atoms. The first kappa shape index (κ1) is 15.7. The molecule has 2 aromatic rings. The highest BCUT2D eigenvalue weighted by atomic mass is 16.2. The van der Waals surface area contributed by atoms with Gasteiger partial charge in [0.05, 0.1) is 0 Å². The van der Waals surface area contributed by atoms with Gasteiger partial charge in [0.15, 0.2) is 0 Å². The quantitative estimate of drug-likeness (QED) is 0.534. The standard InChI is InChI=1S/C18H18N4O2/c1-4-9-21-17(23)15(20-18(21)24)11-14-10-12(2)22(13(14)3)16-7-5-6-8-19-16/h4-8,10-11H,1,9H2,2-3H3,(H,20,24)/b15-11+. The second-order valence-electron chi connectivity index (χ2n) is 5.54. The fourth-order valence-corrected chi connectivity index (χ4v) is 2.79. The molecule has 1 saturated heterocycles. The molecule has 1 aliphatic rings. The first-order valence-corrected chi connectivity index (χ1v) is 7.58. The number of carbonyl (C=O) groups excluding carboxylic acids is 2. The Kier molecular flexibility index (Phi) is 4.04. The molecule has 0 unspecified atom stereocenters. The summed E-state index contributed by atoms with van der Waals surface area (Å²) in [5.41, 5.74) is 3.08. The minimum absolute atomic E-state index is 0.189. The molecule has 0 radical (unpaired) electrons. The summed E-state index contributed by atoms with van der Waals surface area (Å²) < 4.78 is 2.01. The van der Waals surface area contributed by atoms with Gasteiger partial charge in [-0.1, -0.05) is 12.1 Å². The molecule has 2 aromatic heterocycles. The maximum Gasteiger partial charge on any atom is 0.329 e. The predicted octanol–water partition coefficient (Wildman–Crippen LogP) is 2.57. The Hall–Kier alpha value is -3.15. The molecule has 1 N–H and O–H groups in total. The van der Waals surface area contributed by atoms with E-state index in [4.69, 9.17) is 0 Å². The van der Waals surface area contributed by atoms with Crippen molar-refractivity contribution in [3.05, 3.63) is 65.8 Å². The van der Waals surface area contributed by atoms with Crippen LogP contribution in [0.5, 0.6) is 0 Å². The summed E-state index contributed by atoms with van der Waals surface area (Å²) in [6, 6.07) is 7.25. The predicted molar refractivity (Wildman–Crippen MR) is 91.5 cm³/mol. The third kappa shape index (κ3) is 2.62. The van der Waals surface area contributed by atoms with Crippen molar-refractivity contribution >= 4 is 18.0 Å². The highest BCUT2D eigenvalue weighted by Gasteiger charge is 2.32. The van der Waals surface area contributed by atoms with Gasteiger partial charge in [0.2, 0.25) is 0 Å². The molecule has 3 heterocycles. The monoisotopic (exact) mass is 322 g/mol. The Morgan fingerprint density at radius 2 is 2.08 bits per heavy atom. The van der Waals surface area contributed by atoms with E-state index in [2.05, 4.69) is 16.9 Å². The molecule has 0 aliphatic carbocycles. The number of amides is 3. The molecular weight excluding hydrogens is 304 g/mol. The van der Waals surface area contributed by atoms with Crippen LogP contribution in [0.1, 0.15) is 17.0 Å². The van der Waals surface area contributed by atoms with Crippen LogP contribution in [0.4, 0.5) is 4.79 Å². The number of nitrogens with zero attached hydrogens (tertiary/aromatic N) is 3. The maximum absolute atomic E-state index is 12.3. The lowest BCUT2D eigenvalue weighted by Crippen LogP contribution is -2.30. The smallest absolute Gasteiger partial charge is 0.303 e. The highest BCUT2D eigenvalue weighted by molar-refractivity contribution is 6.14. The van der Waals surface area contributed by atoms with E-state index < -0.39 is 6.03 Å². The third-order valence-electron chi connectivity index (χ3n) is 3.92. The first-order chi connectivity index (χ1) is 11.5. The zero-order valence-electron chi connectivity index (χ0n) is 13.6. The molecule has 1 aliphatic heterocycles. The van der Waals surface area contributed by atoms with Gasteiger partial charge in [-0.15, -0.1) is 6.58 Å². The molecule has 0 atom stereocenters. The second kappa shape index (κ2) is 6.16. The summed E-state index contributed by atoms with van der Waals surface area (Å²) in [4.78, 5) is 29.6. The van der Waals surface area contributed by atoms with Crippen molar-refractivity contribution < 1.29 is 9.59 Å². The Morgan fingerprint density at radius 3 is 2.75 bits per heavy atom. The fourth-order valence-electron chi connectivity index (χ4n) is 2.79. The van der Waals surface area contributed by atoms with Gasteiger partial charge >= 0.3 is 6.03 Å². The summed E-state index contributed by atoms with van der Waals surface area (Å²) in [5.74, 6) is 0.467. The Morgan fingerprint density at radius 1 is 1.29 bits per heavy atom. The molecule has 24 heavy (non-hydrogen) atoms. The number of hydrogen-bond acceptors (Lipinski definition) is 3. The van der Waals surface area contributed by atoms with Gasteiger partial charge in [0.25, 0.3) is 5.91 Å². The lowest BCUT2D eigenvalue weighted by molar-refractivity contribution is -0.122. The van der Waals surface area contributed by atoms with E-state index in [1.165, 1.54) is 6.08 Å². The molecule has 3 rings (SSSR count). The molecule has 6 nitrogen and oxygen atoms in total. The number of imide groups is 1. The average Bonchev–Trinajstić information content (AvgIpc) is 2.99. The SMILES string of the molecule is C=CCN1C(=O)N/C(=C/c2cc(C)n(-c3ccccn3)c2C)C1=O. The van der Waals surface area contributed by atoms with E-state index in [1.54, 1.807) is 12.3 Å². The molecule has 6 heteroatoms. The van der Waals surface area contributed by atoms with Crippen LogP contribution in [0.3, 0.4) is 0 Å². The van der Waals surface area contributed by atoms with E-state index in [0.29, 0.717) is 0 Å². The summed E-state index contributed by atoms with van der Waals surface area (Å²) in [6.45, 7) is 7.68. The number of aryl methyl sites for hydroxylation is 1. The second-order valence-corrected chi connectivity index (χ2v) is 5.54. The lowest BCUT2D eigenvalue weighted by atomic mass is 10.2. The average molecular weight is 322 g/mol. The molecule has 0 saturated carbocycles. The van der Waals surface area contributed by atoms with Gasteiger partial charge in [-0.3, -0.25) is 9.69 Å². The summed E-state index contributed by atoms with van der Waals surface area (Å²) in [6.07, 6.45) is 4.96. The fraction of sp³-hybridized carbons (Fsp3) is 0.167. The van der Waals surface area contributed by atoms with Crippen molar-refractivity contribution in [1.82, 2.24) is 19.8 Å². The third-order valence-corrected chi connectivity index (χ3v) is 3.92. The van der Waals surface area contributed by atoms with Crippen molar-refractivity contribution in [2.45, 2.75) is 13.8 Å². The van der Waals surface area contributed by atoms with Crippen molar-refractivity contribution in [3.8, 4) is 5.82 Å². The molecule has 3 amide bonds. The number of rotatable bonds is 4. The van der Waals surface area contributed by atoms with E-state index in [-0.39, 0.29) is 18.1 Å². The number of carbonyl (C=O) groups is 2. The van der Waals surface area contributed by atoms with Crippen LogP contribution in [0.15, 0.2) is 48.8 Å². The minimum atomic E-state index is -0.426. The lowest BCUT2D eigenvalue weighted by Gasteiger charge is -2.08. The Labute approximate surface area is 140 Å². The molecule has 0 bridgehead atoms. The zero-order valence-corrected chi connectivity index (χ0v) is 13.6. The zero-order chi connectivity index (χ0) is 17.3. The normalized spacial score (nSPS) is 15.9. The van der Waals surface area contributed by atoms with Crippen molar-refractivity contribution in [2.75, 3.05) is 6.54 Å². The van der Waals surface area contributed by atoms with Crippen molar-refractivity contribution in [3.63, 3.8) is 0 Å². The maximum atomic E-state index is 12.3. The topological polar surface area (TPSA) is 67.2 Å². The van der Waals surface area contributed by atoms with Gasteiger partial charge in [-0.2, -0.15) is 0 Å². The van der Waals surface area contributed by atoms with Gasteiger partial charge in [-0.05, 0) is 43.7 Å². The van der Waals surface area contributed by atoms with E-state index in [9.17, 15) is 9.59 Å². The van der Waals surface area contributed by atoms with Crippen molar-refractivity contribution in [1.29, 1.82) is 0 Å². The van der Waals surface area contributed by atoms with Gasteiger partial charge < -0.3 is 9.88 Å². The number of nitrogens with one attached hydrogen (secondary N) is 1. The largest absolute Gasteiger partial charge is 0.329 e. The number of aromatic nitrogens is 2. The summed E-state index contributed by atoms with van der Waals surface area (Å²) in [7, 11) is 0. The van der Waals surface area contributed by atoms with Crippen LogP contribution < -0.4 is 5.32 Å². The number of urea groups is 1. The summed E-state index contributed by atoms with van der Waals surface area (Å²) >= 11 is 0. The number of pyridine rings is 1. The Balaban J connectivity index is 1.99. The summed E-state index contributed by atoms with van der Waals surface area (Å²) in [5, 5.41) is 2.61. The van der Waals surface area contributed by atoms with Crippen LogP contribution in [-0.4, -0.2) is 32.9 Å².